The molecule has 5 saturated carbocycles. The van der Waals surface area contributed by atoms with Crippen LogP contribution < -0.4 is 52.1 Å². The zero-order chi connectivity index (χ0) is 80.8. The van der Waals surface area contributed by atoms with Gasteiger partial charge in [-0.05, 0) is 236 Å². The first-order valence-corrected chi connectivity index (χ1v) is 38.2. The van der Waals surface area contributed by atoms with Crippen LogP contribution in [0.3, 0.4) is 0 Å². The third-order valence-electron chi connectivity index (χ3n) is 19.2. The molecule has 0 saturated heterocycles. The third kappa shape index (κ3) is 31.1. The Morgan fingerprint density at radius 2 is 0.793 bits per heavy atom. The number of carbonyl (C=O) groups is 5. The summed E-state index contributed by atoms with van der Waals surface area (Å²) in [7, 11) is 13.5. The average molecular weight is 1560 g/mol. The second-order valence-corrected chi connectivity index (χ2v) is 26.9. The van der Waals surface area contributed by atoms with Crippen LogP contribution in [0.2, 0.25) is 0 Å². The van der Waals surface area contributed by atoms with Crippen LogP contribution in [0.5, 0.6) is 69.0 Å². The van der Waals surface area contributed by atoms with E-state index in [1.165, 1.54) is 85.9 Å². The van der Waals surface area contributed by atoms with E-state index in [1.54, 1.807) is 78.0 Å². The Labute approximate surface area is 659 Å². The lowest BCUT2D eigenvalue weighted by Gasteiger charge is -2.24. The number of carbonyl (C=O) groups excluding carboxylic acids is 5. The Morgan fingerprint density at radius 3 is 1.11 bits per heavy atom. The summed E-state index contributed by atoms with van der Waals surface area (Å²) >= 11 is 5.81. The standard InChI is InChI=1S/C22H29NO6.C14H17NO2.C13H17ClO2.C13H18O3.C13H16O3.C8H8O3.C4H6O2/c1-23-22(13-11-20(24)27-3,14-12-21(25)28-4)16-9-10-18(26-2)19(15-16)29-17-7-5-6-8-17;1-16-13-7-6-11(8-9-15)10-14(13)17-12-4-2-3-5-12;3*1-15-12-7-6-10(9-14)8-13(12)16-11-4-2-3-5-11;1-11-8-3-2-6(5-9)4-7(8)10;1-3-4(5)6-2/h9-10,15,17H,5-8,11-14H2,2-4H3;6-7,10,12H,2-5,8H2,1H3;6-8,11H,2-5,9H2,1H3;6-8,11,14H,2-5,9H2,1H3;6-9,11H,2-5H2,1H3;2-5,10H,1H3;3H,1H2,2H3. The van der Waals surface area contributed by atoms with Crippen LogP contribution in [0, 0.1) is 17.9 Å². The number of phenols is 1. The van der Waals surface area contributed by atoms with Crippen molar-refractivity contribution in [1.29, 1.82) is 5.26 Å². The summed E-state index contributed by atoms with van der Waals surface area (Å²) in [6.07, 6.45) is 28.1. The van der Waals surface area contributed by atoms with E-state index >= 15 is 0 Å². The van der Waals surface area contributed by atoms with Gasteiger partial charge in [-0.25, -0.2) is 11.4 Å². The molecule has 0 aromatic heterocycles. The van der Waals surface area contributed by atoms with Crippen LogP contribution in [0.25, 0.3) is 4.85 Å². The first kappa shape index (κ1) is 91.3. The fraction of sp³-hybridized carbons (Fsp3) is 0.483. The largest absolute Gasteiger partial charge is 0.504 e. The van der Waals surface area contributed by atoms with Gasteiger partial charge in [0.25, 0.3) is 5.54 Å². The zero-order valence-electron chi connectivity index (χ0n) is 65.7. The van der Waals surface area contributed by atoms with Crippen molar-refractivity contribution in [1.82, 2.24) is 0 Å². The highest BCUT2D eigenvalue weighted by molar-refractivity contribution is 6.17. The molecule has 0 atom stereocenters. The van der Waals surface area contributed by atoms with Gasteiger partial charge < -0.3 is 81.4 Å². The molecular weight excluding hydrogens is 1440 g/mol. The van der Waals surface area contributed by atoms with Crippen LogP contribution in [0.4, 0.5) is 0 Å². The molecule has 0 spiro atoms. The Morgan fingerprint density at radius 1 is 0.468 bits per heavy atom. The Bertz CT molecular complexity index is 3810. The van der Waals surface area contributed by atoms with Crippen LogP contribution in [0.1, 0.15) is 197 Å². The Kier molecular flexibility index (Phi) is 42.1. The molecular formula is C87H111ClN2O21. The van der Waals surface area contributed by atoms with Crippen molar-refractivity contribution in [2.75, 3.05) is 64.0 Å². The number of hydrogen-bond donors (Lipinski definition) is 2. The van der Waals surface area contributed by atoms with Crippen LogP contribution >= 0.6 is 11.6 Å². The molecule has 0 heterocycles. The van der Waals surface area contributed by atoms with Crippen molar-refractivity contribution in [3.05, 3.63) is 167 Å². The monoisotopic (exact) mass is 1550 g/mol. The molecule has 6 aromatic rings. The second-order valence-electron chi connectivity index (χ2n) is 26.7. The highest BCUT2D eigenvalue weighted by Gasteiger charge is 2.41. The molecule has 0 aliphatic heterocycles. The number of ether oxygens (including phenoxy) is 14. The van der Waals surface area contributed by atoms with Crippen molar-refractivity contribution in [2.45, 2.75) is 209 Å². The van der Waals surface area contributed by atoms with E-state index < -0.39 is 23.4 Å². The lowest BCUT2D eigenvalue weighted by Crippen LogP contribution is -2.25. The lowest BCUT2D eigenvalue weighted by molar-refractivity contribution is -0.141. The highest BCUT2D eigenvalue weighted by Crippen LogP contribution is 2.43. The van der Waals surface area contributed by atoms with Gasteiger partial charge in [-0.15, -0.1) is 11.6 Å². The molecule has 602 valence electrons. The SMILES string of the molecule is C=CC(=O)OC.COc1ccc(C=O)cc1O.COc1ccc(C=O)cc1OC1CCCC1.COc1ccc(CC#N)cc1OC1CCCC1.COc1ccc(CCl)cc1OC1CCCC1.COc1ccc(CO)cc1OC1CCCC1.[C-]#[N+]C(CCC(=O)OC)(CCC(=O)OC)c1ccc(OC)c(OC2CCCC2)c1. The number of aliphatic hydroxyl groups is 1. The van der Waals surface area contributed by atoms with Gasteiger partial charge in [0.05, 0.1) is 126 Å². The molecule has 0 unspecified atom stereocenters. The van der Waals surface area contributed by atoms with Crippen molar-refractivity contribution in [3.8, 4) is 75.1 Å². The minimum atomic E-state index is -1.07. The average Bonchev–Trinajstić information content (AvgIpc) is 1.11. The lowest BCUT2D eigenvalue weighted by atomic mass is 9.82. The van der Waals surface area contributed by atoms with Crippen LogP contribution in [-0.2, 0) is 53.0 Å². The molecule has 23 nitrogen and oxygen atoms in total. The summed E-state index contributed by atoms with van der Waals surface area (Å²) in [4.78, 5) is 58.1. The van der Waals surface area contributed by atoms with Gasteiger partial charge in [0, 0.05) is 41.5 Å². The van der Waals surface area contributed by atoms with Gasteiger partial charge in [0.1, 0.15) is 12.6 Å². The maximum atomic E-state index is 11.7. The van der Waals surface area contributed by atoms with Gasteiger partial charge in [-0.2, -0.15) is 5.26 Å². The van der Waals surface area contributed by atoms with Crippen molar-refractivity contribution >= 4 is 42.1 Å². The summed E-state index contributed by atoms with van der Waals surface area (Å²) < 4.78 is 74.7. The van der Waals surface area contributed by atoms with E-state index in [-0.39, 0.29) is 50.2 Å². The summed E-state index contributed by atoms with van der Waals surface area (Å²) in [5.41, 5.74) is 3.57. The molecule has 0 bridgehead atoms. The fourth-order valence-electron chi connectivity index (χ4n) is 12.9. The predicted octanol–water partition coefficient (Wildman–Crippen LogP) is 17.8. The van der Waals surface area contributed by atoms with E-state index in [2.05, 4.69) is 22.2 Å². The minimum Gasteiger partial charge on any atom is -0.504 e. The summed E-state index contributed by atoms with van der Waals surface area (Å²) in [5.74, 6) is 6.86. The second kappa shape index (κ2) is 51.2. The zero-order valence-corrected chi connectivity index (χ0v) is 66.5. The van der Waals surface area contributed by atoms with Gasteiger partial charge in [-0.3, -0.25) is 19.2 Å². The first-order valence-electron chi connectivity index (χ1n) is 37.6. The third-order valence-corrected chi connectivity index (χ3v) is 19.5. The number of alkyl halides is 1. The quantitative estimate of drug-likeness (QED) is 0.0110. The molecule has 6 aromatic carbocycles. The molecule has 11 rings (SSSR count). The summed E-state index contributed by atoms with van der Waals surface area (Å²) in [6, 6.07) is 34.3. The maximum Gasteiger partial charge on any atom is 0.329 e. The molecule has 5 aliphatic rings. The highest BCUT2D eigenvalue weighted by atomic mass is 35.5. The molecule has 5 aliphatic carbocycles. The van der Waals surface area contributed by atoms with E-state index in [4.69, 9.17) is 95.2 Å². The van der Waals surface area contributed by atoms with Crippen LogP contribution in [-0.4, -0.2) is 135 Å². The normalized spacial score (nSPS) is 14.4. The molecule has 0 radical (unpaired) electrons. The number of esters is 3. The van der Waals surface area contributed by atoms with Gasteiger partial charge in [-0.1, -0.05) is 24.8 Å². The Balaban J connectivity index is 0.000000240. The van der Waals surface area contributed by atoms with E-state index in [0.29, 0.717) is 82.3 Å². The number of nitriles is 1. The fourth-order valence-corrected chi connectivity index (χ4v) is 13.1. The maximum absolute atomic E-state index is 11.7. The van der Waals surface area contributed by atoms with Gasteiger partial charge in [0.2, 0.25) is 0 Å². The van der Waals surface area contributed by atoms with Gasteiger partial charge >= 0.3 is 17.9 Å². The van der Waals surface area contributed by atoms with Gasteiger partial charge in [0.15, 0.2) is 69.0 Å². The number of halogens is 1. The first-order chi connectivity index (χ1) is 53.9. The number of aldehydes is 2. The van der Waals surface area contributed by atoms with Crippen molar-refractivity contribution in [3.63, 3.8) is 0 Å². The number of aliphatic hydroxyl groups excluding tert-OH is 1. The number of phenolic OH excluding ortho intramolecular Hbond substituents is 1. The van der Waals surface area contributed by atoms with E-state index in [1.807, 2.05) is 60.7 Å². The van der Waals surface area contributed by atoms with Crippen molar-refractivity contribution < 1.29 is 101 Å². The smallest absolute Gasteiger partial charge is 0.329 e. The predicted molar refractivity (Wildman–Crippen MR) is 423 cm³/mol. The number of benzene rings is 6. The van der Waals surface area contributed by atoms with E-state index in [0.717, 1.165) is 141 Å². The molecule has 2 N–H and O–H groups in total. The number of methoxy groups -OCH3 is 9. The molecule has 0 amide bonds. The topological polar surface area (TPSA) is 283 Å². The number of hydrogen-bond acceptors (Lipinski definition) is 22. The molecule has 24 heteroatoms. The van der Waals surface area contributed by atoms with Crippen LogP contribution in [0.15, 0.2) is 122 Å². The number of nitrogens with zero attached hydrogens (tertiary/aromatic N) is 2. The minimum absolute atomic E-state index is 0.0166. The molecule has 5 fully saturated rings. The number of aromatic hydroxyl groups is 1. The van der Waals surface area contributed by atoms with Crippen molar-refractivity contribution in [2.24, 2.45) is 0 Å². The molecule has 111 heavy (non-hydrogen) atoms. The van der Waals surface area contributed by atoms with E-state index in [9.17, 15) is 24.0 Å². The number of rotatable bonds is 29. The Hall–Kier alpha value is -10.4. The summed E-state index contributed by atoms with van der Waals surface area (Å²) in [5, 5.41) is 26.9. The summed E-state index contributed by atoms with van der Waals surface area (Å²) in [6.45, 7) is 11.1.